The minimum absolute atomic E-state index is 0.231. The molecule has 4 unspecified atom stereocenters. The predicted octanol–water partition coefficient (Wildman–Crippen LogP) is 3.12. The summed E-state index contributed by atoms with van der Waals surface area (Å²) in [4.78, 5) is 11.8. The van der Waals surface area contributed by atoms with Gasteiger partial charge in [-0.15, -0.1) is 0 Å². The van der Waals surface area contributed by atoms with Crippen LogP contribution in [0.5, 0.6) is 0 Å². The number of fused-ring (bicyclic) bond motifs is 2. The Morgan fingerprint density at radius 3 is 2.71 bits per heavy atom. The van der Waals surface area contributed by atoms with Crippen molar-refractivity contribution in [1.82, 2.24) is 5.32 Å². The molecule has 3 heteroatoms. The van der Waals surface area contributed by atoms with Crippen LogP contribution in [0.4, 0.5) is 0 Å². The van der Waals surface area contributed by atoms with Crippen LogP contribution in [-0.4, -0.2) is 25.7 Å². The van der Waals surface area contributed by atoms with Crippen molar-refractivity contribution in [3.8, 4) is 0 Å². The fraction of sp³-hybridized carbons (Fsp3) is 0.611. The van der Waals surface area contributed by atoms with E-state index in [1.165, 1.54) is 19.3 Å². The van der Waals surface area contributed by atoms with Crippen LogP contribution in [0.2, 0.25) is 0 Å². The number of ether oxygens (including phenoxy) is 1. The fourth-order valence-corrected chi connectivity index (χ4v) is 4.19. The summed E-state index contributed by atoms with van der Waals surface area (Å²) in [5.41, 5.74) is 0.624. The topological polar surface area (TPSA) is 38.3 Å². The predicted molar refractivity (Wildman–Crippen MR) is 83.1 cm³/mol. The highest BCUT2D eigenvalue weighted by molar-refractivity contribution is 5.89. The van der Waals surface area contributed by atoms with Crippen molar-refractivity contribution >= 4 is 5.97 Å². The van der Waals surface area contributed by atoms with Crippen molar-refractivity contribution in [3.05, 3.63) is 35.9 Å². The first kappa shape index (κ1) is 14.6. The monoisotopic (exact) mass is 287 g/mol. The molecular weight excluding hydrogens is 262 g/mol. The van der Waals surface area contributed by atoms with E-state index >= 15 is 0 Å². The van der Waals surface area contributed by atoms with Crippen LogP contribution in [0.15, 0.2) is 30.3 Å². The van der Waals surface area contributed by atoms with E-state index in [0.717, 1.165) is 36.8 Å². The Morgan fingerprint density at radius 2 is 2.00 bits per heavy atom. The molecule has 0 radical (unpaired) electrons. The van der Waals surface area contributed by atoms with Gasteiger partial charge in [-0.05, 0) is 61.6 Å². The Kier molecular flexibility index (Phi) is 4.59. The standard InChI is InChI=1S/C18H25NO2/c1-13-15-7-8-16(11-15)17(13)12-19-9-10-21-18(20)14-5-3-2-4-6-14/h2-6,13,15-17,19H,7-12H2,1H3. The largest absolute Gasteiger partial charge is 0.461 e. The van der Waals surface area contributed by atoms with Crippen molar-refractivity contribution in [1.29, 1.82) is 0 Å². The summed E-state index contributed by atoms with van der Waals surface area (Å²) in [5.74, 6) is 3.37. The summed E-state index contributed by atoms with van der Waals surface area (Å²) in [7, 11) is 0. The third-order valence-corrected chi connectivity index (χ3v) is 5.44. The average molecular weight is 287 g/mol. The van der Waals surface area contributed by atoms with E-state index in [1.807, 2.05) is 18.2 Å². The molecule has 2 aliphatic rings. The van der Waals surface area contributed by atoms with E-state index in [2.05, 4.69) is 12.2 Å². The summed E-state index contributed by atoms with van der Waals surface area (Å²) >= 11 is 0. The second-order valence-corrected chi connectivity index (χ2v) is 6.56. The van der Waals surface area contributed by atoms with Gasteiger partial charge in [0.2, 0.25) is 0 Å². The van der Waals surface area contributed by atoms with Gasteiger partial charge in [-0.1, -0.05) is 25.1 Å². The summed E-state index contributed by atoms with van der Waals surface area (Å²) in [6, 6.07) is 9.17. The molecule has 3 nitrogen and oxygen atoms in total. The van der Waals surface area contributed by atoms with Crippen molar-refractivity contribution < 1.29 is 9.53 Å². The molecule has 0 aliphatic heterocycles. The van der Waals surface area contributed by atoms with Crippen LogP contribution in [0, 0.1) is 23.7 Å². The lowest BCUT2D eigenvalue weighted by Gasteiger charge is -2.28. The number of nitrogens with one attached hydrogen (secondary N) is 1. The van der Waals surface area contributed by atoms with Gasteiger partial charge < -0.3 is 10.1 Å². The summed E-state index contributed by atoms with van der Waals surface area (Å²) in [6.07, 6.45) is 4.30. The van der Waals surface area contributed by atoms with Crippen LogP contribution in [0.3, 0.4) is 0 Å². The van der Waals surface area contributed by atoms with Gasteiger partial charge in [0, 0.05) is 6.54 Å². The lowest BCUT2D eigenvalue weighted by Crippen LogP contribution is -2.33. The zero-order valence-electron chi connectivity index (χ0n) is 12.8. The quantitative estimate of drug-likeness (QED) is 0.645. The first-order valence-electron chi connectivity index (χ1n) is 8.18. The second kappa shape index (κ2) is 6.61. The highest BCUT2D eigenvalue weighted by Crippen LogP contribution is 2.51. The zero-order valence-corrected chi connectivity index (χ0v) is 12.8. The van der Waals surface area contributed by atoms with E-state index in [-0.39, 0.29) is 5.97 Å². The maximum atomic E-state index is 11.8. The van der Waals surface area contributed by atoms with E-state index in [0.29, 0.717) is 12.2 Å². The van der Waals surface area contributed by atoms with E-state index < -0.39 is 0 Å². The molecule has 2 fully saturated rings. The van der Waals surface area contributed by atoms with Gasteiger partial charge in [-0.25, -0.2) is 4.79 Å². The first-order chi connectivity index (χ1) is 10.3. The van der Waals surface area contributed by atoms with E-state index in [9.17, 15) is 4.79 Å². The molecule has 1 N–H and O–H groups in total. The molecule has 114 valence electrons. The van der Waals surface area contributed by atoms with Crippen LogP contribution >= 0.6 is 0 Å². The maximum Gasteiger partial charge on any atom is 0.338 e. The summed E-state index contributed by atoms with van der Waals surface area (Å²) in [5, 5.41) is 3.47. The molecule has 4 atom stereocenters. The molecule has 2 aliphatic carbocycles. The Morgan fingerprint density at radius 1 is 1.24 bits per heavy atom. The highest BCUT2D eigenvalue weighted by Gasteiger charge is 2.44. The third-order valence-electron chi connectivity index (χ3n) is 5.44. The van der Waals surface area contributed by atoms with Gasteiger partial charge in [0.1, 0.15) is 6.61 Å². The molecule has 1 aromatic carbocycles. The molecule has 0 saturated heterocycles. The molecular formula is C18H25NO2. The number of esters is 1. The van der Waals surface area contributed by atoms with Crippen molar-refractivity contribution in [2.75, 3.05) is 19.7 Å². The van der Waals surface area contributed by atoms with Gasteiger partial charge in [-0.2, -0.15) is 0 Å². The molecule has 0 aromatic heterocycles. The van der Waals surface area contributed by atoms with Crippen LogP contribution < -0.4 is 5.32 Å². The number of rotatable bonds is 6. The second-order valence-electron chi connectivity index (χ2n) is 6.56. The minimum Gasteiger partial charge on any atom is -0.461 e. The molecule has 2 bridgehead atoms. The third kappa shape index (κ3) is 3.29. The van der Waals surface area contributed by atoms with Crippen LogP contribution in [-0.2, 0) is 4.74 Å². The molecule has 1 aromatic rings. The van der Waals surface area contributed by atoms with E-state index in [4.69, 9.17) is 4.74 Å². The zero-order chi connectivity index (χ0) is 14.7. The molecule has 2 saturated carbocycles. The smallest absolute Gasteiger partial charge is 0.338 e. The SMILES string of the molecule is CC1C2CCC(C2)C1CNCCOC(=O)c1ccccc1. The fourth-order valence-electron chi connectivity index (χ4n) is 4.19. The van der Waals surface area contributed by atoms with Gasteiger partial charge in [0.05, 0.1) is 5.56 Å². The molecule has 3 rings (SSSR count). The maximum absolute atomic E-state index is 11.8. The lowest BCUT2D eigenvalue weighted by molar-refractivity contribution is 0.0506. The molecule has 0 amide bonds. The van der Waals surface area contributed by atoms with Gasteiger partial charge in [0.15, 0.2) is 0 Å². The van der Waals surface area contributed by atoms with E-state index in [1.54, 1.807) is 12.1 Å². The average Bonchev–Trinajstić information content (AvgIpc) is 3.10. The number of carbonyl (C=O) groups excluding carboxylic acids is 1. The first-order valence-corrected chi connectivity index (χ1v) is 8.18. The molecule has 0 heterocycles. The summed E-state index contributed by atoms with van der Waals surface area (Å²) in [6.45, 7) is 4.68. The van der Waals surface area contributed by atoms with Crippen molar-refractivity contribution in [2.24, 2.45) is 23.7 Å². The van der Waals surface area contributed by atoms with Crippen LogP contribution in [0.1, 0.15) is 36.5 Å². The van der Waals surface area contributed by atoms with Crippen molar-refractivity contribution in [2.45, 2.75) is 26.2 Å². The lowest BCUT2D eigenvalue weighted by atomic mass is 9.80. The Labute approximate surface area is 127 Å². The molecule has 0 spiro atoms. The Bertz CT molecular complexity index is 471. The minimum atomic E-state index is -0.231. The summed E-state index contributed by atoms with van der Waals surface area (Å²) < 4.78 is 5.28. The Balaban J connectivity index is 1.33. The number of hydrogen-bond acceptors (Lipinski definition) is 3. The number of carbonyl (C=O) groups is 1. The van der Waals surface area contributed by atoms with Crippen LogP contribution in [0.25, 0.3) is 0 Å². The highest BCUT2D eigenvalue weighted by atomic mass is 16.5. The van der Waals surface area contributed by atoms with Crippen molar-refractivity contribution in [3.63, 3.8) is 0 Å². The van der Waals surface area contributed by atoms with Gasteiger partial charge >= 0.3 is 5.97 Å². The number of hydrogen-bond donors (Lipinski definition) is 1. The number of benzene rings is 1. The normalized spacial score (nSPS) is 30.5. The van der Waals surface area contributed by atoms with Gasteiger partial charge in [-0.3, -0.25) is 0 Å². The van der Waals surface area contributed by atoms with Gasteiger partial charge in [0.25, 0.3) is 0 Å². The molecule has 21 heavy (non-hydrogen) atoms. The Hall–Kier alpha value is -1.35.